The molecule has 1 aliphatic carbocycles. The van der Waals surface area contributed by atoms with Crippen LogP contribution in [0.5, 0.6) is 11.8 Å². The number of piperidine rings is 1. The Morgan fingerprint density at radius 2 is 1.98 bits per heavy atom. The summed E-state index contributed by atoms with van der Waals surface area (Å²) >= 11 is 0. The van der Waals surface area contributed by atoms with Crippen molar-refractivity contribution in [2.75, 3.05) is 25.1 Å². The minimum atomic E-state index is -0.741. The zero-order chi connectivity index (χ0) is 31.7. The van der Waals surface area contributed by atoms with Crippen molar-refractivity contribution < 1.29 is 18.6 Å². The molecule has 2 aliphatic heterocycles. The number of halogens is 2. The Kier molecular flexibility index (Phi) is 6.62. The third kappa shape index (κ3) is 4.46. The lowest BCUT2D eigenvalue weighted by Crippen LogP contribution is -2.50. The maximum Gasteiger partial charge on any atom is 0.319 e. The topological polar surface area (TPSA) is 92.4 Å². The third-order valence-corrected chi connectivity index (χ3v) is 10.2. The van der Waals surface area contributed by atoms with Gasteiger partial charge in [-0.2, -0.15) is 15.1 Å². The number of fused-ring (bicyclic) bond motifs is 4. The second-order valence-electron chi connectivity index (χ2n) is 12.9. The van der Waals surface area contributed by atoms with Crippen molar-refractivity contribution >= 4 is 27.5 Å². The third-order valence-electron chi connectivity index (χ3n) is 10.2. The first-order valence-electron chi connectivity index (χ1n) is 15.6. The first kappa shape index (κ1) is 28.6. The van der Waals surface area contributed by atoms with E-state index in [0.717, 1.165) is 49.9 Å². The number of aryl methyl sites for hydroxylation is 1. The second kappa shape index (κ2) is 10.6. The van der Waals surface area contributed by atoms with Crippen LogP contribution in [-0.4, -0.2) is 61.0 Å². The van der Waals surface area contributed by atoms with E-state index in [9.17, 15) is 9.50 Å². The molecular formula is C35H33F2N7O2. The zero-order valence-corrected chi connectivity index (χ0v) is 25.7. The highest BCUT2D eigenvalue weighted by atomic mass is 19.1. The fraction of sp³-hybridized carbons (Fsp3) is 0.371. The van der Waals surface area contributed by atoms with E-state index in [1.165, 1.54) is 30.5 Å². The molecular weight excluding hydrogens is 588 g/mol. The quantitative estimate of drug-likeness (QED) is 0.250. The Morgan fingerprint density at radius 3 is 2.80 bits per heavy atom. The molecule has 9 nitrogen and oxygen atoms in total. The summed E-state index contributed by atoms with van der Waals surface area (Å²) in [4.78, 5) is 18.5. The van der Waals surface area contributed by atoms with Gasteiger partial charge in [-0.25, -0.2) is 8.78 Å². The highest BCUT2D eigenvalue weighted by molar-refractivity contribution is 6.03. The van der Waals surface area contributed by atoms with E-state index in [4.69, 9.17) is 16.1 Å². The number of hydrogen-bond donors (Lipinski definition) is 1. The number of anilines is 1. The van der Waals surface area contributed by atoms with Gasteiger partial charge >= 0.3 is 6.01 Å². The molecule has 2 atom stereocenters. The van der Waals surface area contributed by atoms with E-state index in [1.807, 2.05) is 18.1 Å². The minimum absolute atomic E-state index is 0.00158. The Bertz CT molecular complexity index is 2070. The van der Waals surface area contributed by atoms with Crippen LogP contribution in [0.1, 0.15) is 48.9 Å². The summed E-state index contributed by atoms with van der Waals surface area (Å²) in [6.45, 7) is 2.54. The number of ether oxygens (including phenoxy) is 1. The van der Waals surface area contributed by atoms with Crippen molar-refractivity contribution in [3.63, 3.8) is 0 Å². The van der Waals surface area contributed by atoms with Crippen LogP contribution in [0, 0.1) is 29.4 Å². The van der Waals surface area contributed by atoms with Crippen LogP contribution < -0.4 is 9.64 Å². The van der Waals surface area contributed by atoms with Gasteiger partial charge in [0, 0.05) is 54.0 Å². The number of aromatic hydroxyl groups is 1. The molecule has 3 aliphatic rings. The number of rotatable bonds is 5. The number of benzene rings is 2. The van der Waals surface area contributed by atoms with Crippen molar-refractivity contribution in [3.8, 4) is 35.4 Å². The van der Waals surface area contributed by atoms with E-state index in [2.05, 4.69) is 32.9 Å². The van der Waals surface area contributed by atoms with Gasteiger partial charge in [-0.15, -0.1) is 6.42 Å². The molecule has 1 saturated heterocycles. The summed E-state index contributed by atoms with van der Waals surface area (Å²) in [6.07, 6.45) is 14.7. The maximum absolute atomic E-state index is 16.8. The highest BCUT2D eigenvalue weighted by Gasteiger charge is 2.47. The Hall–Kier alpha value is -4.82. The largest absolute Gasteiger partial charge is 0.508 e. The highest BCUT2D eigenvalue weighted by Crippen LogP contribution is 2.48. The standard InChI is InChI=1S/C35H33F2N7O2/c1-4-23-26(36)9-8-20-13-22(45)14-24(29(20)23)31-30(37)32-25(15-38-31)33(44-17-21-16-43(3)41-27(21)18-44)40-34(39-32)46-19-35-10-5-7-28(35)42(2)12-6-11-35/h1,8-9,13-16,28,45H,5-7,10-12,17-19H2,2-3H3. The Labute approximate surface area is 264 Å². The SMILES string of the molecule is C#Cc1c(F)ccc2cc(O)cc(-c3ncc4c(N5Cc6cn(C)nc6C5)nc(OCC56CCCC5N(C)CCC6)nc4c3F)c12. The number of likely N-dealkylation sites (tertiary alicyclic amines) is 1. The van der Waals surface area contributed by atoms with Crippen molar-refractivity contribution in [1.29, 1.82) is 0 Å². The fourth-order valence-electron chi connectivity index (χ4n) is 8.09. The molecule has 1 N–H and O–H groups in total. The maximum atomic E-state index is 16.8. The molecule has 2 aromatic carbocycles. The summed E-state index contributed by atoms with van der Waals surface area (Å²) in [5, 5.41) is 16.3. The Balaban J connectivity index is 1.27. The van der Waals surface area contributed by atoms with Gasteiger partial charge in [0.15, 0.2) is 5.82 Å². The minimum Gasteiger partial charge on any atom is -0.508 e. The number of pyridine rings is 1. The van der Waals surface area contributed by atoms with Crippen molar-refractivity contribution in [2.45, 2.75) is 51.2 Å². The number of aromatic nitrogens is 5. The molecule has 0 amide bonds. The van der Waals surface area contributed by atoms with Gasteiger partial charge in [0.2, 0.25) is 0 Å². The molecule has 5 aromatic rings. The van der Waals surface area contributed by atoms with E-state index in [-0.39, 0.29) is 44.9 Å². The Morgan fingerprint density at radius 1 is 1.13 bits per heavy atom. The van der Waals surface area contributed by atoms with E-state index in [0.29, 0.717) is 42.3 Å². The molecule has 2 unspecified atom stereocenters. The van der Waals surface area contributed by atoms with Crippen molar-refractivity contribution in [3.05, 3.63) is 65.1 Å². The lowest BCUT2D eigenvalue weighted by atomic mass is 9.76. The summed E-state index contributed by atoms with van der Waals surface area (Å²) in [5.74, 6) is 1.39. The molecule has 46 heavy (non-hydrogen) atoms. The van der Waals surface area contributed by atoms with Crippen LogP contribution in [0.4, 0.5) is 14.6 Å². The number of nitrogens with zero attached hydrogens (tertiary/aromatic N) is 7. The lowest BCUT2D eigenvalue weighted by Gasteiger charge is -2.44. The van der Waals surface area contributed by atoms with Crippen LogP contribution in [-0.2, 0) is 20.1 Å². The van der Waals surface area contributed by atoms with Crippen LogP contribution in [0.15, 0.2) is 36.7 Å². The van der Waals surface area contributed by atoms with Gasteiger partial charge in [-0.3, -0.25) is 9.67 Å². The molecule has 11 heteroatoms. The summed E-state index contributed by atoms with van der Waals surface area (Å²) in [5.41, 5.74) is 2.03. The lowest BCUT2D eigenvalue weighted by molar-refractivity contribution is 0.0133. The predicted molar refractivity (Wildman–Crippen MR) is 170 cm³/mol. The van der Waals surface area contributed by atoms with Crippen LogP contribution in [0.25, 0.3) is 32.9 Å². The average molecular weight is 622 g/mol. The van der Waals surface area contributed by atoms with Gasteiger partial charge in [0.1, 0.15) is 28.6 Å². The molecule has 1 saturated carbocycles. The molecule has 2 fully saturated rings. The zero-order valence-electron chi connectivity index (χ0n) is 25.7. The molecule has 0 radical (unpaired) electrons. The number of phenolic OH excluding ortho intramolecular Hbond substituents is 1. The monoisotopic (exact) mass is 621 g/mol. The fourth-order valence-corrected chi connectivity index (χ4v) is 8.09. The van der Waals surface area contributed by atoms with E-state index in [1.54, 1.807) is 4.68 Å². The van der Waals surface area contributed by atoms with Gasteiger partial charge < -0.3 is 19.6 Å². The van der Waals surface area contributed by atoms with Gasteiger partial charge in [0.25, 0.3) is 0 Å². The molecule has 5 heterocycles. The van der Waals surface area contributed by atoms with Crippen LogP contribution >= 0.6 is 0 Å². The summed E-state index contributed by atoms with van der Waals surface area (Å²) in [7, 11) is 4.07. The normalized spacial score (nSPS) is 21.1. The molecule has 3 aromatic heterocycles. The summed E-state index contributed by atoms with van der Waals surface area (Å²) in [6, 6.07) is 6.06. The second-order valence-corrected chi connectivity index (χ2v) is 12.9. The predicted octanol–water partition coefficient (Wildman–Crippen LogP) is 5.71. The molecule has 234 valence electrons. The average Bonchev–Trinajstić information content (AvgIpc) is 3.74. The van der Waals surface area contributed by atoms with E-state index >= 15 is 4.39 Å². The molecule has 0 spiro atoms. The number of terminal acetylenes is 1. The number of hydrogen-bond acceptors (Lipinski definition) is 8. The number of phenols is 1. The van der Waals surface area contributed by atoms with Crippen molar-refractivity contribution in [2.24, 2.45) is 12.5 Å². The van der Waals surface area contributed by atoms with Crippen molar-refractivity contribution in [1.82, 2.24) is 29.6 Å². The molecule has 8 rings (SSSR count). The van der Waals surface area contributed by atoms with Crippen LogP contribution in [0.2, 0.25) is 0 Å². The molecule has 0 bridgehead atoms. The van der Waals surface area contributed by atoms with Crippen LogP contribution in [0.3, 0.4) is 0 Å². The van der Waals surface area contributed by atoms with Gasteiger partial charge in [0.05, 0.1) is 29.8 Å². The smallest absolute Gasteiger partial charge is 0.319 e. The van der Waals surface area contributed by atoms with Gasteiger partial charge in [-0.1, -0.05) is 18.4 Å². The van der Waals surface area contributed by atoms with E-state index < -0.39 is 11.6 Å². The summed E-state index contributed by atoms with van der Waals surface area (Å²) < 4.78 is 39.9. The van der Waals surface area contributed by atoms with Gasteiger partial charge in [-0.05, 0) is 62.9 Å². The first-order chi connectivity index (χ1) is 22.2. The first-order valence-corrected chi connectivity index (χ1v) is 15.6.